The van der Waals surface area contributed by atoms with Crippen LogP contribution in [0.1, 0.15) is 6.42 Å². The number of fused-ring (bicyclic) bond motifs is 1. The molecule has 0 spiro atoms. The second-order valence-electron chi connectivity index (χ2n) is 2.25. The zero-order valence-electron chi connectivity index (χ0n) is 4.59. The van der Waals surface area contributed by atoms with Crippen molar-refractivity contribution >= 4 is 0 Å². The van der Waals surface area contributed by atoms with E-state index in [2.05, 4.69) is 5.48 Å². The molecule has 3 heteroatoms. The zero-order valence-corrected chi connectivity index (χ0v) is 4.59. The van der Waals surface area contributed by atoms with Crippen molar-refractivity contribution < 1.29 is 9.57 Å². The van der Waals surface area contributed by atoms with Gasteiger partial charge in [0.05, 0.1) is 6.61 Å². The van der Waals surface area contributed by atoms with Gasteiger partial charge in [0.25, 0.3) is 0 Å². The van der Waals surface area contributed by atoms with Gasteiger partial charge in [0.1, 0.15) is 0 Å². The minimum Gasteiger partial charge on any atom is -0.350 e. The lowest BCUT2D eigenvalue weighted by atomic mass is 10.1. The van der Waals surface area contributed by atoms with E-state index in [9.17, 15) is 0 Å². The summed E-state index contributed by atoms with van der Waals surface area (Å²) in [6, 6.07) is 0. The monoisotopic (exact) mass is 115 g/mol. The van der Waals surface area contributed by atoms with Crippen LogP contribution in [-0.2, 0) is 9.57 Å². The van der Waals surface area contributed by atoms with Crippen molar-refractivity contribution in [1.29, 1.82) is 0 Å². The Bertz CT molecular complexity index is 76.4. The highest BCUT2D eigenvalue weighted by molar-refractivity contribution is 4.73. The molecule has 46 valence electrons. The van der Waals surface area contributed by atoms with Crippen molar-refractivity contribution in [1.82, 2.24) is 5.48 Å². The van der Waals surface area contributed by atoms with E-state index in [1.54, 1.807) is 0 Å². The Hall–Kier alpha value is -0.120. The Morgan fingerprint density at radius 1 is 1.50 bits per heavy atom. The molecule has 2 saturated heterocycles. The molecule has 0 amide bonds. The molecule has 2 rings (SSSR count). The van der Waals surface area contributed by atoms with E-state index in [0.29, 0.717) is 5.92 Å². The van der Waals surface area contributed by atoms with Crippen molar-refractivity contribution in [2.45, 2.75) is 12.7 Å². The molecule has 0 aromatic rings. The molecular formula is C5H9NO2. The van der Waals surface area contributed by atoms with Crippen LogP contribution in [0.2, 0.25) is 0 Å². The fourth-order valence-electron chi connectivity index (χ4n) is 1.17. The topological polar surface area (TPSA) is 30.5 Å². The van der Waals surface area contributed by atoms with Gasteiger partial charge >= 0.3 is 0 Å². The van der Waals surface area contributed by atoms with E-state index < -0.39 is 0 Å². The van der Waals surface area contributed by atoms with Crippen LogP contribution >= 0.6 is 0 Å². The predicted molar refractivity (Wildman–Crippen MR) is 26.9 cm³/mol. The van der Waals surface area contributed by atoms with Crippen LogP contribution in [0.15, 0.2) is 0 Å². The molecule has 2 heterocycles. The van der Waals surface area contributed by atoms with Crippen LogP contribution in [0.25, 0.3) is 0 Å². The minimum atomic E-state index is 0.0648. The molecule has 0 aliphatic carbocycles. The highest BCUT2D eigenvalue weighted by Gasteiger charge is 2.33. The van der Waals surface area contributed by atoms with Crippen LogP contribution in [0, 0.1) is 5.92 Å². The third-order valence-electron chi connectivity index (χ3n) is 1.70. The summed E-state index contributed by atoms with van der Waals surface area (Å²) in [5.74, 6) is 0.620. The summed E-state index contributed by atoms with van der Waals surface area (Å²) in [4.78, 5) is 5.00. The molecule has 2 fully saturated rings. The molecule has 0 saturated carbocycles. The Morgan fingerprint density at radius 3 is 3.38 bits per heavy atom. The molecule has 0 aromatic carbocycles. The normalized spacial score (nSPS) is 45.0. The van der Waals surface area contributed by atoms with Crippen molar-refractivity contribution in [3.8, 4) is 0 Å². The van der Waals surface area contributed by atoms with E-state index in [1.807, 2.05) is 0 Å². The lowest BCUT2D eigenvalue weighted by Crippen LogP contribution is -2.11. The number of hydrogen-bond donors (Lipinski definition) is 1. The van der Waals surface area contributed by atoms with Crippen molar-refractivity contribution in [2.75, 3.05) is 13.2 Å². The zero-order chi connectivity index (χ0) is 5.40. The maximum atomic E-state index is 5.19. The summed E-state index contributed by atoms with van der Waals surface area (Å²) >= 11 is 0. The molecule has 3 nitrogen and oxygen atoms in total. The molecule has 0 aromatic heterocycles. The first kappa shape index (κ1) is 4.73. The summed E-state index contributed by atoms with van der Waals surface area (Å²) in [5, 5.41) is 0. The first-order valence-corrected chi connectivity index (χ1v) is 2.97. The fraction of sp³-hybridized carbons (Fsp3) is 1.00. The van der Waals surface area contributed by atoms with Crippen LogP contribution < -0.4 is 5.48 Å². The summed E-state index contributed by atoms with van der Waals surface area (Å²) in [6.07, 6.45) is 1.22. The van der Waals surface area contributed by atoms with E-state index in [4.69, 9.17) is 9.57 Å². The van der Waals surface area contributed by atoms with Crippen LogP contribution in [0.5, 0.6) is 0 Å². The van der Waals surface area contributed by atoms with Gasteiger partial charge in [0.2, 0.25) is 0 Å². The van der Waals surface area contributed by atoms with Gasteiger partial charge in [-0.3, -0.25) is 4.84 Å². The average molecular weight is 115 g/mol. The lowest BCUT2D eigenvalue weighted by Gasteiger charge is -2.01. The Kier molecular flexibility index (Phi) is 0.997. The summed E-state index contributed by atoms with van der Waals surface area (Å²) < 4.78 is 5.19. The maximum Gasteiger partial charge on any atom is 0.181 e. The van der Waals surface area contributed by atoms with Crippen molar-refractivity contribution in [3.05, 3.63) is 0 Å². The number of rotatable bonds is 0. The number of hydrogen-bond acceptors (Lipinski definition) is 3. The summed E-state index contributed by atoms with van der Waals surface area (Å²) in [5.41, 5.74) is 2.80. The Morgan fingerprint density at radius 2 is 2.50 bits per heavy atom. The fourth-order valence-corrected chi connectivity index (χ4v) is 1.17. The highest BCUT2D eigenvalue weighted by Crippen LogP contribution is 2.23. The van der Waals surface area contributed by atoms with Gasteiger partial charge in [0, 0.05) is 12.5 Å². The summed E-state index contributed by atoms with van der Waals surface area (Å²) in [6.45, 7) is 1.84. The number of nitrogens with one attached hydrogen (secondary N) is 1. The molecule has 1 N–H and O–H groups in total. The van der Waals surface area contributed by atoms with Crippen molar-refractivity contribution in [3.63, 3.8) is 0 Å². The van der Waals surface area contributed by atoms with E-state index >= 15 is 0 Å². The summed E-state index contributed by atoms with van der Waals surface area (Å²) in [7, 11) is 0. The average Bonchev–Trinajstić information content (AvgIpc) is 2.15. The number of ether oxygens (including phenoxy) is 1. The van der Waals surface area contributed by atoms with Gasteiger partial charge in [-0.15, -0.1) is 0 Å². The smallest absolute Gasteiger partial charge is 0.181 e. The van der Waals surface area contributed by atoms with Gasteiger partial charge < -0.3 is 4.74 Å². The second-order valence-corrected chi connectivity index (χ2v) is 2.25. The first-order valence-electron chi connectivity index (χ1n) is 2.97. The van der Waals surface area contributed by atoms with E-state index in [1.165, 1.54) is 0 Å². The lowest BCUT2D eigenvalue weighted by molar-refractivity contribution is -0.125. The van der Waals surface area contributed by atoms with Gasteiger partial charge in [0.15, 0.2) is 6.29 Å². The number of hydroxylamine groups is 1. The Balaban J connectivity index is 2.04. The molecule has 8 heavy (non-hydrogen) atoms. The van der Waals surface area contributed by atoms with Crippen LogP contribution in [0.3, 0.4) is 0 Å². The SMILES string of the molecule is C1CC2CNOC2O1. The quantitative estimate of drug-likeness (QED) is 0.477. The third-order valence-corrected chi connectivity index (χ3v) is 1.70. The van der Waals surface area contributed by atoms with Gasteiger partial charge in [-0.2, -0.15) is 5.48 Å². The van der Waals surface area contributed by atoms with E-state index in [-0.39, 0.29) is 6.29 Å². The molecule has 2 aliphatic heterocycles. The van der Waals surface area contributed by atoms with Gasteiger partial charge in [-0.25, -0.2) is 0 Å². The predicted octanol–water partition coefficient (Wildman–Crippen LogP) is -0.116. The molecule has 2 unspecified atom stereocenters. The second kappa shape index (κ2) is 1.69. The van der Waals surface area contributed by atoms with E-state index in [0.717, 1.165) is 19.6 Å². The minimum absolute atomic E-state index is 0.0648. The highest BCUT2D eigenvalue weighted by atomic mass is 16.8. The Labute approximate surface area is 47.9 Å². The first-order chi connectivity index (χ1) is 3.97. The van der Waals surface area contributed by atoms with Gasteiger partial charge in [-0.05, 0) is 6.42 Å². The maximum absolute atomic E-state index is 5.19. The van der Waals surface area contributed by atoms with Gasteiger partial charge in [-0.1, -0.05) is 0 Å². The van der Waals surface area contributed by atoms with Crippen molar-refractivity contribution in [2.24, 2.45) is 5.92 Å². The third kappa shape index (κ3) is 0.555. The standard InChI is InChI=1S/C5H9NO2/c1-2-7-5-4(1)3-6-8-5/h4-6H,1-3H2. The largest absolute Gasteiger partial charge is 0.350 e. The van der Waals surface area contributed by atoms with Crippen LogP contribution in [0.4, 0.5) is 0 Å². The van der Waals surface area contributed by atoms with Crippen LogP contribution in [-0.4, -0.2) is 19.4 Å². The molecular weight excluding hydrogens is 106 g/mol. The molecule has 0 bridgehead atoms. The molecule has 2 aliphatic rings. The molecule has 0 radical (unpaired) electrons. The molecule has 2 atom stereocenters.